The second-order valence-electron chi connectivity index (χ2n) is 3.26. The first-order valence-corrected chi connectivity index (χ1v) is 4.72. The summed E-state index contributed by atoms with van der Waals surface area (Å²) in [6.45, 7) is 0. The summed E-state index contributed by atoms with van der Waals surface area (Å²) in [7, 11) is 1.23. The zero-order valence-corrected chi connectivity index (χ0v) is 8.58. The van der Waals surface area contributed by atoms with Crippen LogP contribution in [0.5, 0.6) is 0 Å². The zero-order chi connectivity index (χ0) is 11.5. The Morgan fingerprint density at radius 3 is 2.56 bits per heavy atom. The molecule has 0 aliphatic carbocycles. The maximum absolute atomic E-state index is 11.4. The SMILES string of the molecule is COC(=O)[C@H]1OC(=O)O[C@@H]1c1ccccc1. The van der Waals surface area contributed by atoms with Gasteiger partial charge in [0.15, 0.2) is 6.10 Å². The average molecular weight is 222 g/mol. The van der Waals surface area contributed by atoms with Crippen molar-refractivity contribution < 1.29 is 23.8 Å². The van der Waals surface area contributed by atoms with Crippen LogP contribution in [0.3, 0.4) is 0 Å². The lowest BCUT2D eigenvalue weighted by molar-refractivity contribution is -0.150. The number of methoxy groups -OCH3 is 1. The Kier molecular flexibility index (Phi) is 2.76. The molecule has 0 N–H and O–H groups in total. The fourth-order valence-electron chi connectivity index (χ4n) is 1.53. The van der Waals surface area contributed by atoms with Gasteiger partial charge in [0, 0.05) is 0 Å². The van der Waals surface area contributed by atoms with Gasteiger partial charge in [0.25, 0.3) is 0 Å². The summed E-state index contributed by atoms with van der Waals surface area (Å²) in [5.74, 6) is -0.625. The smallest absolute Gasteiger partial charge is 0.466 e. The quantitative estimate of drug-likeness (QED) is 0.708. The van der Waals surface area contributed by atoms with Gasteiger partial charge in [-0.25, -0.2) is 9.59 Å². The molecule has 2 atom stereocenters. The van der Waals surface area contributed by atoms with Gasteiger partial charge in [0.05, 0.1) is 7.11 Å². The molecule has 1 aliphatic heterocycles. The number of hydrogen-bond acceptors (Lipinski definition) is 5. The molecule has 1 aromatic rings. The van der Waals surface area contributed by atoms with Crippen molar-refractivity contribution in [3.8, 4) is 0 Å². The van der Waals surface area contributed by atoms with Crippen LogP contribution in [0.15, 0.2) is 30.3 Å². The Balaban J connectivity index is 2.26. The minimum atomic E-state index is -1.03. The highest BCUT2D eigenvalue weighted by molar-refractivity contribution is 5.80. The number of cyclic esters (lactones) is 2. The summed E-state index contributed by atoms with van der Waals surface area (Å²) in [4.78, 5) is 22.4. The molecule has 1 heterocycles. The minimum absolute atomic E-state index is 0.625. The van der Waals surface area contributed by atoms with E-state index in [1.807, 2.05) is 6.07 Å². The van der Waals surface area contributed by atoms with Crippen LogP contribution in [0.2, 0.25) is 0 Å². The molecule has 1 aliphatic rings. The second kappa shape index (κ2) is 4.22. The third kappa shape index (κ3) is 1.84. The van der Waals surface area contributed by atoms with Gasteiger partial charge in [0.2, 0.25) is 6.10 Å². The van der Waals surface area contributed by atoms with Crippen LogP contribution in [0.4, 0.5) is 4.79 Å². The molecule has 0 bridgehead atoms. The fourth-order valence-corrected chi connectivity index (χ4v) is 1.53. The molecule has 5 heteroatoms. The summed E-state index contributed by atoms with van der Waals surface area (Å²) in [6, 6.07) is 8.91. The normalized spacial score (nSPS) is 23.4. The van der Waals surface area contributed by atoms with Crippen molar-refractivity contribution in [1.29, 1.82) is 0 Å². The molecule has 16 heavy (non-hydrogen) atoms. The number of hydrogen-bond donors (Lipinski definition) is 0. The minimum Gasteiger partial charge on any atom is -0.466 e. The summed E-state index contributed by atoms with van der Waals surface area (Å²) in [5.41, 5.74) is 0.698. The van der Waals surface area contributed by atoms with Gasteiger partial charge < -0.3 is 14.2 Å². The first-order chi connectivity index (χ1) is 7.72. The lowest BCUT2D eigenvalue weighted by atomic mass is 10.0. The first kappa shape index (κ1) is 10.5. The Hall–Kier alpha value is -2.04. The highest BCUT2D eigenvalue weighted by atomic mass is 16.8. The summed E-state index contributed by atoms with van der Waals surface area (Å²) in [6.07, 6.45) is -2.62. The van der Waals surface area contributed by atoms with Gasteiger partial charge in [-0.2, -0.15) is 0 Å². The Morgan fingerprint density at radius 2 is 1.94 bits per heavy atom. The van der Waals surface area contributed by atoms with Crippen LogP contribution in [-0.2, 0) is 19.0 Å². The highest BCUT2D eigenvalue weighted by Gasteiger charge is 2.43. The van der Waals surface area contributed by atoms with Gasteiger partial charge in [-0.3, -0.25) is 0 Å². The van der Waals surface area contributed by atoms with Gasteiger partial charge in [0.1, 0.15) is 0 Å². The van der Waals surface area contributed by atoms with Crippen LogP contribution in [-0.4, -0.2) is 25.3 Å². The molecule has 0 amide bonds. The molecule has 2 rings (SSSR count). The Bertz CT molecular complexity index is 400. The Labute approximate surface area is 91.9 Å². The van der Waals surface area contributed by atoms with E-state index in [0.29, 0.717) is 5.56 Å². The van der Waals surface area contributed by atoms with Crippen LogP contribution in [0.1, 0.15) is 11.7 Å². The van der Waals surface area contributed by atoms with E-state index >= 15 is 0 Å². The molecule has 0 unspecified atom stereocenters. The maximum Gasteiger partial charge on any atom is 0.510 e. The molecule has 1 fully saturated rings. The van der Waals surface area contributed by atoms with E-state index in [2.05, 4.69) is 4.74 Å². The Morgan fingerprint density at radius 1 is 1.25 bits per heavy atom. The van der Waals surface area contributed by atoms with Crippen molar-refractivity contribution in [1.82, 2.24) is 0 Å². The number of ether oxygens (including phenoxy) is 3. The number of rotatable bonds is 2. The molecule has 0 aromatic heterocycles. The van der Waals surface area contributed by atoms with Gasteiger partial charge in [-0.1, -0.05) is 30.3 Å². The van der Waals surface area contributed by atoms with Crippen LogP contribution in [0.25, 0.3) is 0 Å². The van der Waals surface area contributed by atoms with E-state index in [4.69, 9.17) is 9.47 Å². The van der Waals surface area contributed by atoms with Gasteiger partial charge in [-0.05, 0) is 5.56 Å². The third-order valence-corrected chi connectivity index (χ3v) is 2.28. The maximum atomic E-state index is 11.4. The lowest BCUT2D eigenvalue weighted by Gasteiger charge is -2.13. The van der Waals surface area contributed by atoms with Crippen LogP contribution < -0.4 is 0 Å². The standard InChI is InChI=1S/C11H10O5/c1-14-10(12)9-8(15-11(13)16-9)7-5-3-2-4-6-7/h2-6,8-9H,1H3/t8-,9+/m1/s1. The summed E-state index contributed by atoms with van der Waals surface area (Å²) >= 11 is 0. The first-order valence-electron chi connectivity index (χ1n) is 4.72. The molecular formula is C11H10O5. The molecule has 1 aromatic carbocycles. The second-order valence-corrected chi connectivity index (χ2v) is 3.26. The largest absolute Gasteiger partial charge is 0.510 e. The molecule has 5 nitrogen and oxygen atoms in total. The lowest BCUT2D eigenvalue weighted by Crippen LogP contribution is -2.27. The monoisotopic (exact) mass is 222 g/mol. The van der Waals surface area contributed by atoms with E-state index < -0.39 is 24.3 Å². The van der Waals surface area contributed by atoms with Crippen LogP contribution in [0, 0.1) is 0 Å². The molecule has 0 spiro atoms. The molecule has 1 saturated heterocycles. The average Bonchev–Trinajstić information content (AvgIpc) is 2.71. The highest BCUT2D eigenvalue weighted by Crippen LogP contribution is 2.30. The van der Waals surface area contributed by atoms with Crippen molar-refractivity contribution in [3.05, 3.63) is 35.9 Å². The van der Waals surface area contributed by atoms with Crippen LogP contribution >= 0.6 is 0 Å². The topological polar surface area (TPSA) is 61.8 Å². The zero-order valence-electron chi connectivity index (χ0n) is 8.58. The number of benzene rings is 1. The fraction of sp³-hybridized carbons (Fsp3) is 0.273. The molecule has 0 radical (unpaired) electrons. The predicted molar refractivity (Wildman–Crippen MR) is 52.6 cm³/mol. The number of esters is 1. The number of carbonyl (C=O) groups excluding carboxylic acids is 2. The van der Waals surface area contributed by atoms with Crippen molar-refractivity contribution in [2.24, 2.45) is 0 Å². The molecular weight excluding hydrogens is 212 g/mol. The van der Waals surface area contributed by atoms with Crippen molar-refractivity contribution in [2.45, 2.75) is 12.2 Å². The predicted octanol–water partition coefficient (Wildman–Crippen LogP) is 1.44. The summed E-state index contributed by atoms with van der Waals surface area (Å²) in [5, 5.41) is 0. The van der Waals surface area contributed by atoms with E-state index in [1.54, 1.807) is 24.3 Å². The van der Waals surface area contributed by atoms with E-state index in [9.17, 15) is 9.59 Å². The van der Waals surface area contributed by atoms with Crippen molar-refractivity contribution in [2.75, 3.05) is 7.11 Å². The van der Waals surface area contributed by atoms with Crippen molar-refractivity contribution in [3.63, 3.8) is 0 Å². The van der Waals surface area contributed by atoms with E-state index in [1.165, 1.54) is 7.11 Å². The van der Waals surface area contributed by atoms with E-state index in [0.717, 1.165) is 0 Å². The summed E-state index contributed by atoms with van der Waals surface area (Å²) < 4.78 is 14.2. The molecule has 84 valence electrons. The number of carbonyl (C=O) groups is 2. The van der Waals surface area contributed by atoms with Gasteiger partial charge in [-0.15, -0.1) is 0 Å². The van der Waals surface area contributed by atoms with Crippen molar-refractivity contribution >= 4 is 12.1 Å². The third-order valence-electron chi connectivity index (χ3n) is 2.28. The van der Waals surface area contributed by atoms with E-state index in [-0.39, 0.29) is 0 Å². The molecule has 0 saturated carbocycles. The van der Waals surface area contributed by atoms with Gasteiger partial charge >= 0.3 is 12.1 Å².